The smallest absolute Gasteiger partial charge is 0.242 e. The molecule has 0 bridgehead atoms. The summed E-state index contributed by atoms with van der Waals surface area (Å²) in [7, 11) is 0. The molecule has 2 aromatic carbocycles. The number of carbonyl (C=O) groups excluding carboxylic acids is 2. The summed E-state index contributed by atoms with van der Waals surface area (Å²) in [6, 6.07) is 13.8. The quantitative estimate of drug-likeness (QED) is 0.462. The Balaban J connectivity index is 1.64. The van der Waals surface area contributed by atoms with Crippen molar-refractivity contribution in [3.8, 4) is 0 Å². The molecule has 1 N–H and O–H groups in total. The van der Waals surface area contributed by atoms with Crippen LogP contribution in [0.4, 0.5) is 4.39 Å². The SMILES string of the molecule is C[C@@H](C(=O)NC1CCCCC1)N(Cc1ccc(Br)cc1)C(=O)CSCc1ccc(F)cc1. The first kappa shape index (κ1) is 24.8. The van der Waals surface area contributed by atoms with Crippen LogP contribution >= 0.6 is 27.7 Å². The Labute approximate surface area is 202 Å². The first-order valence-corrected chi connectivity index (χ1v) is 13.0. The number of thioether (sulfide) groups is 1. The molecule has 0 aromatic heterocycles. The lowest BCUT2D eigenvalue weighted by atomic mass is 9.95. The Hall–Kier alpha value is -1.86. The van der Waals surface area contributed by atoms with E-state index in [1.54, 1.807) is 24.0 Å². The molecule has 3 rings (SSSR count). The largest absolute Gasteiger partial charge is 0.352 e. The number of nitrogens with zero attached hydrogens (tertiary/aromatic N) is 1. The van der Waals surface area contributed by atoms with E-state index in [-0.39, 0.29) is 29.4 Å². The molecule has 1 aliphatic rings. The topological polar surface area (TPSA) is 49.4 Å². The van der Waals surface area contributed by atoms with Gasteiger partial charge in [0.25, 0.3) is 0 Å². The van der Waals surface area contributed by atoms with Crippen molar-refractivity contribution in [3.05, 3.63) is 69.9 Å². The number of benzene rings is 2. The van der Waals surface area contributed by atoms with Gasteiger partial charge in [0, 0.05) is 22.8 Å². The standard InChI is InChI=1S/C25H30BrFN2O2S/c1-18(25(31)28-23-5-3-2-4-6-23)29(15-19-7-11-21(26)12-8-19)24(30)17-32-16-20-9-13-22(27)14-10-20/h7-14,18,23H,2-6,15-17H2,1H3,(H,28,31)/t18-/m0/s1. The molecule has 1 fully saturated rings. The van der Waals surface area contributed by atoms with Crippen molar-refractivity contribution in [1.29, 1.82) is 0 Å². The van der Waals surface area contributed by atoms with Gasteiger partial charge in [0.2, 0.25) is 11.8 Å². The van der Waals surface area contributed by atoms with Gasteiger partial charge in [0.05, 0.1) is 5.75 Å². The molecule has 1 saturated carbocycles. The lowest BCUT2D eigenvalue weighted by molar-refractivity contribution is -0.139. The molecule has 1 atom stereocenters. The Morgan fingerprint density at radius 2 is 1.69 bits per heavy atom. The molecule has 0 saturated heterocycles. The zero-order valence-electron chi connectivity index (χ0n) is 18.4. The average molecular weight is 521 g/mol. The minimum atomic E-state index is -0.556. The fourth-order valence-electron chi connectivity index (χ4n) is 3.86. The lowest BCUT2D eigenvalue weighted by Gasteiger charge is -2.31. The molecule has 7 heteroatoms. The number of hydrogen-bond donors (Lipinski definition) is 1. The van der Waals surface area contributed by atoms with Crippen molar-refractivity contribution >= 4 is 39.5 Å². The first-order chi connectivity index (χ1) is 15.4. The maximum absolute atomic E-state index is 13.2. The van der Waals surface area contributed by atoms with Crippen LogP contribution in [-0.2, 0) is 21.9 Å². The number of rotatable bonds is 9. The van der Waals surface area contributed by atoms with Gasteiger partial charge in [-0.15, -0.1) is 11.8 Å². The van der Waals surface area contributed by atoms with Crippen LogP contribution in [0.1, 0.15) is 50.2 Å². The van der Waals surface area contributed by atoms with Gasteiger partial charge < -0.3 is 10.2 Å². The molecule has 172 valence electrons. The normalized spacial score (nSPS) is 15.2. The average Bonchev–Trinajstić information content (AvgIpc) is 2.80. The van der Waals surface area contributed by atoms with Crippen molar-refractivity contribution in [2.75, 3.05) is 5.75 Å². The van der Waals surface area contributed by atoms with E-state index < -0.39 is 6.04 Å². The minimum Gasteiger partial charge on any atom is -0.352 e. The summed E-state index contributed by atoms with van der Waals surface area (Å²) >= 11 is 4.91. The van der Waals surface area contributed by atoms with Crippen molar-refractivity contribution in [1.82, 2.24) is 10.2 Å². The van der Waals surface area contributed by atoms with E-state index in [4.69, 9.17) is 0 Å². The van der Waals surface area contributed by atoms with E-state index in [0.717, 1.165) is 41.3 Å². The third-order valence-electron chi connectivity index (χ3n) is 5.79. The summed E-state index contributed by atoms with van der Waals surface area (Å²) in [4.78, 5) is 27.8. The van der Waals surface area contributed by atoms with Crippen molar-refractivity contribution < 1.29 is 14.0 Å². The number of hydrogen-bond acceptors (Lipinski definition) is 3. The fraction of sp³-hybridized carbons (Fsp3) is 0.440. The maximum atomic E-state index is 13.2. The van der Waals surface area contributed by atoms with Crippen LogP contribution in [0.2, 0.25) is 0 Å². The molecular formula is C25H30BrFN2O2S. The number of amides is 2. The van der Waals surface area contributed by atoms with Crippen LogP contribution in [0.5, 0.6) is 0 Å². The molecule has 0 heterocycles. The Morgan fingerprint density at radius 1 is 1.06 bits per heavy atom. The second-order valence-electron chi connectivity index (χ2n) is 8.29. The molecule has 1 aliphatic carbocycles. The van der Waals surface area contributed by atoms with Gasteiger partial charge in [0.1, 0.15) is 11.9 Å². The molecule has 2 aromatic rings. The van der Waals surface area contributed by atoms with Gasteiger partial charge in [-0.25, -0.2) is 4.39 Å². The lowest BCUT2D eigenvalue weighted by Crippen LogP contribution is -2.50. The van der Waals surface area contributed by atoms with Gasteiger partial charge in [-0.1, -0.05) is 59.5 Å². The summed E-state index contributed by atoms with van der Waals surface area (Å²) in [5, 5.41) is 3.15. The van der Waals surface area contributed by atoms with E-state index in [1.807, 2.05) is 24.3 Å². The highest BCUT2D eigenvalue weighted by molar-refractivity contribution is 9.10. The van der Waals surface area contributed by atoms with E-state index in [9.17, 15) is 14.0 Å². The summed E-state index contributed by atoms with van der Waals surface area (Å²) in [6.07, 6.45) is 5.52. The molecule has 0 aliphatic heterocycles. The molecule has 2 amide bonds. The predicted octanol–water partition coefficient (Wildman–Crippen LogP) is 5.69. The molecule has 0 spiro atoms. The number of carbonyl (C=O) groups is 2. The monoisotopic (exact) mass is 520 g/mol. The van der Waals surface area contributed by atoms with Crippen molar-refractivity contribution in [3.63, 3.8) is 0 Å². The molecule has 0 radical (unpaired) electrons. The zero-order valence-corrected chi connectivity index (χ0v) is 20.8. The predicted molar refractivity (Wildman–Crippen MR) is 132 cm³/mol. The molecule has 32 heavy (non-hydrogen) atoms. The van der Waals surface area contributed by atoms with Crippen LogP contribution in [0.3, 0.4) is 0 Å². The molecule has 0 unspecified atom stereocenters. The van der Waals surface area contributed by atoms with Gasteiger partial charge in [-0.3, -0.25) is 9.59 Å². The summed E-state index contributed by atoms with van der Waals surface area (Å²) < 4.78 is 14.1. The maximum Gasteiger partial charge on any atom is 0.242 e. The van der Waals surface area contributed by atoms with Gasteiger partial charge in [0.15, 0.2) is 0 Å². The Kier molecular flexibility index (Phi) is 9.60. The summed E-state index contributed by atoms with van der Waals surface area (Å²) in [5.41, 5.74) is 1.94. The van der Waals surface area contributed by atoms with Gasteiger partial charge in [-0.2, -0.15) is 0 Å². The van der Waals surface area contributed by atoms with E-state index in [2.05, 4.69) is 21.2 Å². The highest BCUT2D eigenvalue weighted by Gasteiger charge is 2.28. The van der Waals surface area contributed by atoms with Gasteiger partial charge in [-0.05, 0) is 55.2 Å². The highest BCUT2D eigenvalue weighted by Crippen LogP contribution is 2.20. The van der Waals surface area contributed by atoms with E-state index >= 15 is 0 Å². The first-order valence-electron chi connectivity index (χ1n) is 11.1. The van der Waals surface area contributed by atoms with E-state index in [1.165, 1.54) is 30.3 Å². The second-order valence-corrected chi connectivity index (χ2v) is 10.2. The minimum absolute atomic E-state index is 0.0775. The third kappa shape index (κ3) is 7.62. The number of halogens is 2. The Morgan fingerprint density at radius 3 is 2.34 bits per heavy atom. The van der Waals surface area contributed by atoms with Crippen LogP contribution in [-0.4, -0.2) is 34.6 Å². The summed E-state index contributed by atoms with van der Waals surface area (Å²) in [6.45, 7) is 2.18. The summed E-state index contributed by atoms with van der Waals surface area (Å²) in [5.74, 6) is 0.431. The second kappa shape index (κ2) is 12.4. The van der Waals surface area contributed by atoms with Crippen LogP contribution in [0, 0.1) is 5.82 Å². The van der Waals surface area contributed by atoms with Crippen molar-refractivity contribution in [2.45, 2.75) is 63.4 Å². The highest BCUT2D eigenvalue weighted by atomic mass is 79.9. The third-order valence-corrected chi connectivity index (χ3v) is 7.31. The fourth-order valence-corrected chi connectivity index (χ4v) is 4.99. The number of nitrogens with one attached hydrogen (secondary N) is 1. The van der Waals surface area contributed by atoms with Crippen LogP contribution in [0.15, 0.2) is 53.0 Å². The molecule has 4 nitrogen and oxygen atoms in total. The van der Waals surface area contributed by atoms with Crippen LogP contribution in [0.25, 0.3) is 0 Å². The van der Waals surface area contributed by atoms with E-state index in [0.29, 0.717) is 12.3 Å². The zero-order chi connectivity index (χ0) is 22.9. The van der Waals surface area contributed by atoms with Crippen molar-refractivity contribution in [2.24, 2.45) is 0 Å². The van der Waals surface area contributed by atoms with Gasteiger partial charge >= 0.3 is 0 Å². The molecular weight excluding hydrogens is 491 g/mol. The van der Waals surface area contributed by atoms with Crippen LogP contribution < -0.4 is 5.32 Å². The Bertz CT molecular complexity index is 886.